The van der Waals surface area contributed by atoms with Gasteiger partial charge in [-0.25, -0.2) is 0 Å². The van der Waals surface area contributed by atoms with E-state index in [1.165, 1.54) is 0 Å². The van der Waals surface area contributed by atoms with Gasteiger partial charge < -0.3 is 20.5 Å². The highest BCUT2D eigenvalue weighted by Gasteiger charge is 2.41. The molecule has 3 N–H and O–H groups in total. The minimum atomic E-state index is -0.609. The standard InChI is InChI=1S/C15H28N2O3S/c1-19-11-12-20-10-6-5-9-17-14(18)15(13(16)21)7-3-2-4-8-15/h2-12H2,1H3,(H2,16,21)(H,17,18). The number of methoxy groups -OCH3 is 1. The van der Waals surface area contributed by atoms with Crippen LogP contribution in [-0.2, 0) is 14.3 Å². The molecule has 0 unspecified atom stereocenters. The second-order valence-corrected chi connectivity index (χ2v) is 6.02. The van der Waals surface area contributed by atoms with Gasteiger partial charge in [-0.2, -0.15) is 0 Å². The molecule has 0 heterocycles. The van der Waals surface area contributed by atoms with E-state index in [0.29, 0.717) is 31.4 Å². The van der Waals surface area contributed by atoms with E-state index in [4.69, 9.17) is 27.4 Å². The van der Waals surface area contributed by atoms with Gasteiger partial charge in [-0.3, -0.25) is 4.79 Å². The Morgan fingerprint density at radius 1 is 1.19 bits per heavy atom. The maximum Gasteiger partial charge on any atom is 0.233 e. The molecule has 1 aliphatic carbocycles. The molecule has 0 aromatic carbocycles. The third kappa shape index (κ3) is 5.88. The Balaban J connectivity index is 2.21. The van der Waals surface area contributed by atoms with Crippen LogP contribution in [0.15, 0.2) is 0 Å². The lowest BCUT2D eigenvalue weighted by Gasteiger charge is -2.34. The summed E-state index contributed by atoms with van der Waals surface area (Å²) in [6, 6.07) is 0. The van der Waals surface area contributed by atoms with Gasteiger partial charge in [0.25, 0.3) is 0 Å². The van der Waals surface area contributed by atoms with Crippen molar-refractivity contribution in [2.24, 2.45) is 11.1 Å². The molecule has 0 aromatic heterocycles. The predicted octanol–water partition coefficient (Wildman–Crippen LogP) is 1.78. The zero-order valence-electron chi connectivity index (χ0n) is 13.0. The van der Waals surface area contributed by atoms with E-state index in [-0.39, 0.29) is 5.91 Å². The summed E-state index contributed by atoms with van der Waals surface area (Å²) >= 11 is 5.15. The summed E-state index contributed by atoms with van der Waals surface area (Å²) in [7, 11) is 1.65. The number of carbonyl (C=O) groups is 1. The van der Waals surface area contributed by atoms with Crippen LogP contribution in [0.25, 0.3) is 0 Å². The molecule has 1 aliphatic rings. The average molecular weight is 316 g/mol. The number of thiocarbonyl (C=S) groups is 1. The first-order valence-corrected chi connectivity index (χ1v) is 8.19. The minimum Gasteiger partial charge on any atom is -0.392 e. The number of nitrogens with one attached hydrogen (secondary N) is 1. The van der Waals surface area contributed by atoms with Crippen LogP contribution in [0.3, 0.4) is 0 Å². The van der Waals surface area contributed by atoms with Gasteiger partial charge in [0.1, 0.15) is 0 Å². The van der Waals surface area contributed by atoms with E-state index >= 15 is 0 Å². The van der Waals surface area contributed by atoms with E-state index in [9.17, 15) is 4.79 Å². The summed E-state index contributed by atoms with van der Waals surface area (Å²) in [6.07, 6.45) is 6.60. The van der Waals surface area contributed by atoms with Crippen molar-refractivity contribution < 1.29 is 14.3 Å². The SMILES string of the molecule is COCCOCCCCNC(=O)C1(C(N)=S)CCCCC1. The quantitative estimate of drug-likeness (QED) is 0.475. The van der Waals surface area contributed by atoms with Crippen LogP contribution in [-0.4, -0.2) is 44.4 Å². The lowest BCUT2D eigenvalue weighted by Crippen LogP contribution is -2.50. The molecule has 5 nitrogen and oxygen atoms in total. The number of hydrogen-bond acceptors (Lipinski definition) is 4. The first kappa shape index (κ1) is 18.3. The Bertz CT molecular complexity index is 331. The highest BCUT2D eigenvalue weighted by Crippen LogP contribution is 2.36. The Morgan fingerprint density at radius 3 is 2.52 bits per heavy atom. The highest BCUT2D eigenvalue weighted by atomic mass is 32.1. The zero-order valence-corrected chi connectivity index (χ0v) is 13.8. The maximum atomic E-state index is 12.4. The molecule has 0 radical (unpaired) electrons. The van der Waals surface area contributed by atoms with Crippen LogP contribution in [0.1, 0.15) is 44.9 Å². The number of nitrogens with two attached hydrogens (primary N) is 1. The van der Waals surface area contributed by atoms with E-state index in [1.54, 1.807) is 7.11 Å². The predicted molar refractivity (Wildman–Crippen MR) is 87.2 cm³/mol. The molecule has 122 valence electrons. The van der Waals surface area contributed by atoms with Gasteiger partial charge in [-0.05, 0) is 25.7 Å². The van der Waals surface area contributed by atoms with Crippen LogP contribution < -0.4 is 11.1 Å². The monoisotopic (exact) mass is 316 g/mol. The van der Waals surface area contributed by atoms with Crippen molar-refractivity contribution in [2.45, 2.75) is 44.9 Å². The van der Waals surface area contributed by atoms with Crippen LogP contribution in [0.5, 0.6) is 0 Å². The van der Waals surface area contributed by atoms with Gasteiger partial charge in [0.15, 0.2) is 0 Å². The smallest absolute Gasteiger partial charge is 0.233 e. The molecule has 1 amide bonds. The van der Waals surface area contributed by atoms with E-state index in [2.05, 4.69) is 5.32 Å². The molecular formula is C15H28N2O3S. The Kier molecular flexibility index (Phi) is 8.80. The third-order valence-corrected chi connectivity index (χ3v) is 4.44. The number of amides is 1. The molecular weight excluding hydrogens is 288 g/mol. The summed E-state index contributed by atoms with van der Waals surface area (Å²) < 4.78 is 10.3. The van der Waals surface area contributed by atoms with Crippen molar-refractivity contribution in [2.75, 3.05) is 33.5 Å². The highest BCUT2D eigenvalue weighted by molar-refractivity contribution is 7.80. The van der Waals surface area contributed by atoms with Gasteiger partial charge in [-0.15, -0.1) is 0 Å². The second kappa shape index (κ2) is 10.1. The number of hydrogen-bond donors (Lipinski definition) is 2. The van der Waals surface area contributed by atoms with Crippen molar-refractivity contribution in [3.63, 3.8) is 0 Å². The van der Waals surface area contributed by atoms with Crippen LogP contribution in [0.2, 0.25) is 0 Å². The first-order valence-electron chi connectivity index (χ1n) is 7.78. The molecule has 0 bridgehead atoms. The van der Waals surface area contributed by atoms with Crippen molar-refractivity contribution in [3.8, 4) is 0 Å². The minimum absolute atomic E-state index is 0.00926. The maximum absolute atomic E-state index is 12.4. The summed E-state index contributed by atoms with van der Waals surface area (Å²) in [6.45, 7) is 2.58. The number of rotatable bonds is 10. The second-order valence-electron chi connectivity index (χ2n) is 5.58. The lowest BCUT2D eigenvalue weighted by molar-refractivity contribution is -0.128. The fraction of sp³-hybridized carbons (Fsp3) is 0.867. The van der Waals surface area contributed by atoms with Crippen molar-refractivity contribution in [3.05, 3.63) is 0 Å². The van der Waals surface area contributed by atoms with E-state index < -0.39 is 5.41 Å². The molecule has 0 spiro atoms. The van der Waals surface area contributed by atoms with Gasteiger partial charge in [-0.1, -0.05) is 31.5 Å². The van der Waals surface area contributed by atoms with Gasteiger partial charge in [0.05, 0.1) is 23.6 Å². The Hall–Kier alpha value is -0.720. The van der Waals surface area contributed by atoms with Gasteiger partial charge in [0, 0.05) is 20.3 Å². The zero-order chi connectivity index (χ0) is 15.6. The number of carbonyl (C=O) groups excluding carboxylic acids is 1. The molecule has 0 atom stereocenters. The molecule has 0 aromatic rings. The largest absolute Gasteiger partial charge is 0.392 e. The van der Waals surface area contributed by atoms with E-state index in [1.807, 2.05) is 0 Å². The van der Waals surface area contributed by atoms with Crippen molar-refractivity contribution >= 4 is 23.1 Å². The average Bonchev–Trinajstić information content (AvgIpc) is 2.50. The molecule has 0 saturated heterocycles. The fourth-order valence-corrected chi connectivity index (χ4v) is 2.98. The lowest BCUT2D eigenvalue weighted by atomic mass is 9.73. The molecule has 1 saturated carbocycles. The van der Waals surface area contributed by atoms with Gasteiger partial charge in [0.2, 0.25) is 5.91 Å². The first-order chi connectivity index (χ1) is 10.1. The molecule has 6 heteroatoms. The Labute approximate surface area is 132 Å². The summed E-state index contributed by atoms with van der Waals surface area (Å²) in [5.41, 5.74) is 5.23. The van der Waals surface area contributed by atoms with Gasteiger partial charge >= 0.3 is 0 Å². The summed E-state index contributed by atoms with van der Waals surface area (Å²) in [5, 5.41) is 2.99. The summed E-state index contributed by atoms with van der Waals surface area (Å²) in [4.78, 5) is 12.8. The molecule has 0 aliphatic heterocycles. The molecule has 21 heavy (non-hydrogen) atoms. The third-order valence-electron chi connectivity index (χ3n) is 4.05. The normalized spacial score (nSPS) is 17.4. The van der Waals surface area contributed by atoms with Crippen molar-refractivity contribution in [1.82, 2.24) is 5.32 Å². The van der Waals surface area contributed by atoms with Crippen LogP contribution in [0.4, 0.5) is 0 Å². The molecule has 1 rings (SSSR count). The topological polar surface area (TPSA) is 73.6 Å². The van der Waals surface area contributed by atoms with Crippen molar-refractivity contribution in [1.29, 1.82) is 0 Å². The molecule has 1 fully saturated rings. The fourth-order valence-electron chi connectivity index (χ4n) is 2.69. The number of ether oxygens (including phenoxy) is 2. The van der Waals surface area contributed by atoms with Crippen LogP contribution in [0, 0.1) is 5.41 Å². The van der Waals surface area contributed by atoms with E-state index in [0.717, 1.165) is 44.9 Å². The number of unbranched alkanes of at least 4 members (excludes halogenated alkanes) is 1. The summed E-state index contributed by atoms with van der Waals surface area (Å²) in [5.74, 6) is 0.00926. The Morgan fingerprint density at radius 2 is 1.90 bits per heavy atom. The van der Waals surface area contributed by atoms with Crippen LogP contribution >= 0.6 is 12.2 Å².